The minimum atomic E-state index is 0.0347. The van der Waals surface area contributed by atoms with Crippen LogP contribution < -0.4 is 5.73 Å². The Kier molecular flexibility index (Phi) is 1.09. The topological polar surface area (TPSA) is 43.1 Å². The van der Waals surface area contributed by atoms with Crippen LogP contribution >= 0.6 is 0 Å². The van der Waals surface area contributed by atoms with Crippen LogP contribution in [0, 0.1) is 0 Å². The summed E-state index contributed by atoms with van der Waals surface area (Å²) in [6.07, 6.45) is 8.74. The minimum absolute atomic E-state index is 0.0347. The van der Waals surface area contributed by atoms with Gasteiger partial charge in [0.2, 0.25) is 0 Å². The van der Waals surface area contributed by atoms with Gasteiger partial charge in [-0.25, -0.2) is 0 Å². The molecule has 0 unspecified atom stereocenters. The second-order valence-electron chi connectivity index (χ2n) is 2.49. The molecule has 0 heterocycles. The molecule has 0 radical (unpaired) electrons. The lowest BCUT2D eigenvalue weighted by Gasteiger charge is -1.90. The second-order valence-corrected chi connectivity index (χ2v) is 2.49. The van der Waals surface area contributed by atoms with Gasteiger partial charge in [-0.2, -0.15) is 0 Å². The highest BCUT2D eigenvalue weighted by Gasteiger charge is 2.24. The highest BCUT2D eigenvalue weighted by molar-refractivity contribution is 6.18. The fraction of sp³-hybridized carbons (Fsp3) is 0. The lowest BCUT2D eigenvalue weighted by atomic mass is 10.1. The van der Waals surface area contributed by atoms with Gasteiger partial charge in [0.25, 0.3) is 0 Å². The average Bonchev–Trinajstić information content (AvgIpc) is 2.53. The zero-order valence-corrected chi connectivity index (χ0v) is 5.87. The van der Waals surface area contributed by atoms with Gasteiger partial charge >= 0.3 is 0 Å². The Labute approximate surface area is 64.4 Å². The van der Waals surface area contributed by atoms with Crippen LogP contribution in [0.3, 0.4) is 0 Å². The fourth-order valence-electron chi connectivity index (χ4n) is 1.28. The van der Waals surface area contributed by atoms with Crippen LogP contribution in [0.1, 0.15) is 0 Å². The van der Waals surface area contributed by atoms with Gasteiger partial charge in [0.1, 0.15) is 0 Å². The van der Waals surface area contributed by atoms with Crippen molar-refractivity contribution in [1.82, 2.24) is 0 Å². The van der Waals surface area contributed by atoms with Crippen molar-refractivity contribution in [2.45, 2.75) is 0 Å². The van der Waals surface area contributed by atoms with Gasteiger partial charge in [-0.1, -0.05) is 18.2 Å². The molecule has 0 aliphatic heterocycles. The largest absolute Gasteiger partial charge is 0.404 e. The number of hydrogen-bond acceptors (Lipinski definition) is 2. The number of Topliss-reactive ketones (excluding diaryl/α,β-unsaturated/α-hetero) is 1. The highest BCUT2D eigenvalue weighted by Crippen LogP contribution is 2.29. The Morgan fingerprint density at radius 1 is 1.45 bits per heavy atom. The molecule has 0 aromatic rings. The van der Waals surface area contributed by atoms with Gasteiger partial charge in [-0.15, -0.1) is 0 Å². The van der Waals surface area contributed by atoms with Crippen molar-refractivity contribution < 1.29 is 4.79 Å². The first-order valence-electron chi connectivity index (χ1n) is 3.40. The van der Waals surface area contributed by atoms with Crippen molar-refractivity contribution in [2.24, 2.45) is 5.73 Å². The van der Waals surface area contributed by atoms with Crippen molar-refractivity contribution in [3.05, 3.63) is 47.2 Å². The molecule has 11 heavy (non-hydrogen) atoms. The summed E-state index contributed by atoms with van der Waals surface area (Å²) in [7, 11) is 0. The molecule has 2 heteroatoms. The summed E-state index contributed by atoms with van der Waals surface area (Å²) in [6.45, 7) is 0. The fourth-order valence-corrected chi connectivity index (χ4v) is 1.28. The Hall–Kier alpha value is -1.57. The maximum absolute atomic E-state index is 11.3. The second kappa shape index (κ2) is 1.95. The zero-order chi connectivity index (χ0) is 7.84. The first-order chi connectivity index (χ1) is 5.33. The molecule has 2 rings (SSSR count). The molecule has 0 aromatic carbocycles. The molecule has 0 aromatic heterocycles. The van der Waals surface area contributed by atoms with Gasteiger partial charge in [0, 0.05) is 17.3 Å². The monoisotopic (exact) mass is 145 g/mol. The lowest BCUT2D eigenvalue weighted by Crippen LogP contribution is -1.98. The van der Waals surface area contributed by atoms with E-state index in [9.17, 15) is 4.79 Å². The number of rotatable bonds is 0. The Bertz CT molecular complexity index is 343. The molecule has 0 bridgehead atoms. The van der Waals surface area contributed by atoms with E-state index in [2.05, 4.69) is 0 Å². The van der Waals surface area contributed by atoms with Crippen molar-refractivity contribution >= 4 is 5.78 Å². The van der Waals surface area contributed by atoms with Crippen LogP contribution in [0.2, 0.25) is 0 Å². The molecule has 2 aliphatic rings. The standard InChI is InChI=1S/C9H7NO/c10-5-7-4-6-2-1-3-8(6)9(7)11/h1-5H,10H2/b7-5+. The SMILES string of the molecule is N/C=C1\C=C2C=CC=C2C1=O. The first-order valence-corrected chi connectivity index (χ1v) is 3.40. The van der Waals surface area contributed by atoms with E-state index in [0.717, 1.165) is 11.1 Å². The zero-order valence-electron chi connectivity index (χ0n) is 5.87. The van der Waals surface area contributed by atoms with Crippen LogP contribution in [-0.2, 0) is 4.79 Å². The number of fused-ring (bicyclic) bond motifs is 1. The van der Waals surface area contributed by atoms with Crippen LogP contribution in [-0.4, -0.2) is 5.78 Å². The summed E-state index contributed by atoms with van der Waals surface area (Å²) in [4.78, 5) is 11.3. The molecule has 54 valence electrons. The summed E-state index contributed by atoms with van der Waals surface area (Å²) in [5.74, 6) is 0.0347. The summed E-state index contributed by atoms with van der Waals surface area (Å²) in [6, 6.07) is 0. The third-order valence-electron chi connectivity index (χ3n) is 1.85. The molecule has 2 nitrogen and oxygen atoms in total. The van der Waals surface area contributed by atoms with Gasteiger partial charge in [0.15, 0.2) is 5.78 Å². The average molecular weight is 145 g/mol. The quantitative estimate of drug-likeness (QED) is 0.513. The van der Waals surface area contributed by atoms with E-state index in [-0.39, 0.29) is 5.78 Å². The molecule has 0 saturated heterocycles. The Balaban J connectivity index is 2.55. The number of carbonyl (C=O) groups excluding carboxylic acids is 1. The number of allylic oxidation sites excluding steroid dienone is 7. The van der Waals surface area contributed by atoms with Crippen LogP contribution in [0.25, 0.3) is 0 Å². The lowest BCUT2D eigenvalue weighted by molar-refractivity contribution is -0.111. The predicted octanol–water partition coefficient (Wildman–Crippen LogP) is 0.834. The number of ketones is 1. The highest BCUT2D eigenvalue weighted by atomic mass is 16.1. The van der Waals surface area contributed by atoms with E-state index in [4.69, 9.17) is 5.73 Å². The van der Waals surface area contributed by atoms with Crippen LogP contribution in [0.15, 0.2) is 47.2 Å². The molecule has 0 saturated carbocycles. The normalized spacial score (nSPS) is 24.0. The Morgan fingerprint density at radius 2 is 2.27 bits per heavy atom. The van der Waals surface area contributed by atoms with E-state index < -0.39 is 0 Å². The molecule has 0 amide bonds. The van der Waals surface area contributed by atoms with Crippen molar-refractivity contribution in [2.75, 3.05) is 0 Å². The molecule has 0 atom stereocenters. The third-order valence-corrected chi connectivity index (χ3v) is 1.85. The van der Waals surface area contributed by atoms with Crippen LogP contribution in [0.5, 0.6) is 0 Å². The molecule has 2 aliphatic carbocycles. The minimum Gasteiger partial charge on any atom is -0.404 e. The van der Waals surface area contributed by atoms with E-state index in [0.29, 0.717) is 5.57 Å². The van der Waals surface area contributed by atoms with E-state index >= 15 is 0 Å². The molecule has 2 N–H and O–H groups in total. The summed E-state index contributed by atoms with van der Waals surface area (Å²) >= 11 is 0. The Morgan fingerprint density at radius 3 is 2.91 bits per heavy atom. The first kappa shape index (κ1) is 6.16. The molecular weight excluding hydrogens is 138 g/mol. The summed E-state index contributed by atoms with van der Waals surface area (Å²) in [5, 5.41) is 0. The van der Waals surface area contributed by atoms with Crippen molar-refractivity contribution in [3.63, 3.8) is 0 Å². The number of nitrogens with two attached hydrogens (primary N) is 1. The van der Waals surface area contributed by atoms with Gasteiger partial charge in [0.05, 0.1) is 0 Å². The van der Waals surface area contributed by atoms with Crippen molar-refractivity contribution in [3.8, 4) is 0 Å². The van der Waals surface area contributed by atoms with E-state index in [1.165, 1.54) is 6.20 Å². The third kappa shape index (κ3) is 0.693. The van der Waals surface area contributed by atoms with Crippen molar-refractivity contribution in [1.29, 1.82) is 0 Å². The number of hydrogen-bond donors (Lipinski definition) is 1. The van der Waals surface area contributed by atoms with Crippen LogP contribution in [0.4, 0.5) is 0 Å². The molecule has 0 spiro atoms. The summed E-state index contributed by atoms with van der Waals surface area (Å²) in [5.41, 5.74) is 7.59. The smallest absolute Gasteiger partial charge is 0.195 e. The van der Waals surface area contributed by atoms with Gasteiger partial charge in [-0.3, -0.25) is 4.79 Å². The maximum Gasteiger partial charge on any atom is 0.195 e. The van der Waals surface area contributed by atoms with E-state index in [1.807, 2.05) is 18.2 Å². The molecule has 0 fully saturated rings. The summed E-state index contributed by atoms with van der Waals surface area (Å²) < 4.78 is 0. The number of carbonyl (C=O) groups is 1. The van der Waals surface area contributed by atoms with E-state index in [1.54, 1.807) is 6.08 Å². The predicted molar refractivity (Wildman–Crippen MR) is 42.6 cm³/mol. The maximum atomic E-state index is 11.3. The van der Waals surface area contributed by atoms with Gasteiger partial charge in [-0.05, 0) is 11.6 Å². The molecular formula is C9H7NO. The van der Waals surface area contributed by atoms with Gasteiger partial charge < -0.3 is 5.73 Å².